The second kappa shape index (κ2) is 8.07. The molecule has 0 atom stereocenters. The SMILES string of the molecule is Cc1ccc(OCCCn2c(-c3cccc(Cl)c3)nc3ccccc32)c(C)c1. The number of nitrogens with zero attached hydrogens (tertiary/aromatic N) is 2. The van der Waals surface area contributed by atoms with E-state index in [4.69, 9.17) is 21.3 Å². The van der Waals surface area contributed by atoms with E-state index in [1.807, 2.05) is 30.3 Å². The van der Waals surface area contributed by atoms with E-state index in [-0.39, 0.29) is 0 Å². The van der Waals surface area contributed by atoms with Gasteiger partial charge in [-0.2, -0.15) is 0 Å². The quantitative estimate of drug-likeness (QED) is 0.354. The number of hydrogen-bond acceptors (Lipinski definition) is 2. The van der Waals surface area contributed by atoms with Crippen LogP contribution < -0.4 is 4.74 Å². The largest absolute Gasteiger partial charge is 0.493 e. The van der Waals surface area contributed by atoms with E-state index >= 15 is 0 Å². The number of para-hydroxylation sites is 2. The molecule has 3 aromatic carbocycles. The summed E-state index contributed by atoms with van der Waals surface area (Å²) in [5.74, 6) is 1.89. The van der Waals surface area contributed by atoms with Gasteiger partial charge in [0.15, 0.2) is 0 Å². The van der Waals surface area contributed by atoms with Crippen LogP contribution in [-0.4, -0.2) is 16.2 Å². The molecule has 4 rings (SSSR count). The Kier molecular flexibility index (Phi) is 5.36. The minimum atomic E-state index is 0.658. The zero-order valence-electron chi connectivity index (χ0n) is 16.2. The molecule has 0 bridgehead atoms. The maximum Gasteiger partial charge on any atom is 0.141 e. The van der Waals surface area contributed by atoms with Crippen LogP contribution in [0.1, 0.15) is 17.5 Å². The maximum atomic E-state index is 6.21. The third-order valence-electron chi connectivity index (χ3n) is 4.85. The van der Waals surface area contributed by atoms with E-state index < -0.39 is 0 Å². The molecule has 3 nitrogen and oxygen atoms in total. The first kappa shape index (κ1) is 18.6. The number of aromatic nitrogens is 2. The molecule has 0 saturated heterocycles. The minimum absolute atomic E-state index is 0.658. The lowest BCUT2D eigenvalue weighted by Gasteiger charge is -2.12. The van der Waals surface area contributed by atoms with E-state index in [1.54, 1.807) is 0 Å². The van der Waals surface area contributed by atoms with E-state index in [0.717, 1.165) is 41.1 Å². The molecule has 4 heteroatoms. The first-order valence-corrected chi connectivity index (χ1v) is 9.91. The molecule has 0 N–H and O–H groups in total. The Morgan fingerprint density at radius 2 is 1.82 bits per heavy atom. The molecule has 0 unspecified atom stereocenters. The van der Waals surface area contributed by atoms with Gasteiger partial charge in [-0.1, -0.05) is 53.6 Å². The van der Waals surface area contributed by atoms with Crippen molar-refractivity contribution in [2.75, 3.05) is 6.61 Å². The molecule has 1 aromatic heterocycles. The number of rotatable bonds is 6. The molecule has 1 heterocycles. The van der Waals surface area contributed by atoms with Crippen molar-refractivity contribution in [3.63, 3.8) is 0 Å². The Morgan fingerprint density at radius 3 is 2.64 bits per heavy atom. The second-order valence-corrected chi connectivity index (χ2v) is 7.49. The van der Waals surface area contributed by atoms with Crippen LogP contribution in [0.2, 0.25) is 5.02 Å². The summed E-state index contributed by atoms with van der Waals surface area (Å²) < 4.78 is 8.27. The number of benzene rings is 3. The van der Waals surface area contributed by atoms with Crippen molar-refractivity contribution in [2.24, 2.45) is 0 Å². The van der Waals surface area contributed by atoms with Crippen molar-refractivity contribution in [1.82, 2.24) is 9.55 Å². The highest BCUT2D eigenvalue weighted by atomic mass is 35.5. The monoisotopic (exact) mass is 390 g/mol. The van der Waals surface area contributed by atoms with Crippen molar-refractivity contribution >= 4 is 22.6 Å². The van der Waals surface area contributed by atoms with Crippen LogP contribution in [0, 0.1) is 13.8 Å². The normalized spacial score (nSPS) is 11.1. The number of imidazole rings is 1. The molecule has 28 heavy (non-hydrogen) atoms. The number of fused-ring (bicyclic) bond motifs is 1. The Morgan fingerprint density at radius 1 is 0.964 bits per heavy atom. The third kappa shape index (κ3) is 3.90. The molecule has 0 aliphatic carbocycles. The van der Waals surface area contributed by atoms with Gasteiger partial charge < -0.3 is 9.30 Å². The first-order chi connectivity index (χ1) is 13.6. The Balaban J connectivity index is 1.55. The molecule has 0 aliphatic rings. The number of halogens is 1. The van der Waals surface area contributed by atoms with Crippen LogP contribution in [0.25, 0.3) is 22.4 Å². The summed E-state index contributed by atoms with van der Waals surface area (Å²) in [4.78, 5) is 4.85. The van der Waals surface area contributed by atoms with Gasteiger partial charge >= 0.3 is 0 Å². The smallest absolute Gasteiger partial charge is 0.141 e. The average Bonchev–Trinajstić information content (AvgIpc) is 3.05. The molecule has 0 radical (unpaired) electrons. The van der Waals surface area contributed by atoms with E-state index in [0.29, 0.717) is 11.6 Å². The van der Waals surface area contributed by atoms with Gasteiger partial charge in [0.1, 0.15) is 11.6 Å². The molecule has 0 fully saturated rings. The van der Waals surface area contributed by atoms with Crippen LogP contribution in [0.15, 0.2) is 66.7 Å². The standard InChI is InChI=1S/C24H23ClN2O/c1-17-11-12-23(18(2)15-17)28-14-6-13-27-22-10-4-3-9-21(22)26-24(27)19-7-5-8-20(25)16-19/h3-5,7-12,15-16H,6,13-14H2,1-2H3. The molecule has 0 aliphatic heterocycles. The van der Waals surface area contributed by atoms with Gasteiger partial charge in [-0.15, -0.1) is 0 Å². The maximum absolute atomic E-state index is 6.21. The van der Waals surface area contributed by atoms with Crippen LogP contribution in [0.3, 0.4) is 0 Å². The van der Waals surface area contributed by atoms with Gasteiger partial charge in [-0.25, -0.2) is 4.98 Å². The molecule has 0 spiro atoms. The van der Waals surface area contributed by atoms with Crippen molar-refractivity contribution in [1.29, 1.82) is 0 Å². The lowest BCUT2D eigenvalue weighted by atomic mass is 10.1. The summed E-state index contributed by atoms with van der Waals surface area (Å²) in [5, 5.41) is 0.717. The van der Waals surface area contributed by atoms with Gasteiger partial charge in [-0.05, 0) is 56.2 Å². The molecule has 4 aromatic rings. The predicted octanol–water partition coefficient (Wildman–Crippen LogP) is 6.44. The molecular formula is C24H23ClN2O. The Bertz CT molecular complexity index is 1120. The molecule has 0 saturated carbocycles. The second-order valence-electron chi connectivity index (χ2n) is 7.06. The van der Waals surface area contributed by atoms with E-state index in [1.165, 1.54) is 11.1 Å². The highest BCUT2D eigenvalue weighted by Gasteiger charge is 2.12. The summed E-state index contributed by atoms with van der Waals surface area (Å²) in [6.45, 7) is 5.67. The van der Waals surface area contributed by atoms with Crippen molar-refractivity contribution in [3.8, 4) is 17.1 Å². The minimum Gasteiger partial charge on any atom is -0.493 e. The first-order valence-electron chi connectivity index (χ1n) is 9.53. The molecule has 142 valence electrons. The lowest BCUT2D eigenvalue weighted by Crippen LogP contribution is -2.06. The summed E-state index contributed by atoms with van der Waals surface area (Å²) in [6.07, 6.45) is 0.890. The number of aryl methyl sites for hydroxylation is 3. The van der Waals surface area contributed by atoms with Gasteiger partial charge in [0.2, 0.25) is 0 Å². The summed E-state index contributed by atoms with van der Waals surface area (Å²) in [5.41, 5.74) is 5.57. The summed E-state index contributed by atoms with van der Waals surface area (Å²) in [6, 6.07) is 22.4. The van der Waals surface area contributed by atoms with Crippen molar-refractivity contribution < 1.29 is 4.74 Å². The zero-order valence-corrected chi connectivity index (χ0v) is 16.9. The Hall–Kier alpha value is -2.78. The molecule has 0 amide bonds. The molecular weight excluding hydrogens is 368 g/mol. The van der Waals surface area contributed by atoms with Crippen molar-refractivity contribution in [3.05, 3.63) is 82.9 Å². The third-order valence-corrected chi connectivity index (χ3v) is 5.09. The van der Waals surface area contributed by atoms with Crippen LogP contribution in [-0.2, 0) is 6.54 Å². The number of hydrogen-bond donors (Lipinski definition) is 0. The van der Waals surface area contributed by atoms with Gasteiger partial charge in [0.25, 0.3) is 0 Å². The van der Waals surface area contributed by atoms with Crippen molar-refractivity contribution in [2.45, 2.75) is 26.8 Å². The van der Waals surface area contributed by atoms with Gasteiger partial charge in [0.05, 0.1) is 17.6 Å². The van der Waals surface area contributed by atoms with E-state index in [2.05, 4.69) is 54.8 Å². The van der Waals surface area contributed by atoms with Gasteiger partial charge in [0, 0.05) is 17.1 Å². The fourth-order valence-electron chi connectivity index (χ4n) is 3.52. The topological polar surface area (TPSA) is 27.1 Å². The van der Waals surface area contributed by atoms with Gasteiger partial charge in [-0.3, -0.25) is 0 Å². The fraction of sp³-hybridized carbons (Fsp3) is 0.208. The fourth-order valence-corrected chi connectivity index (χ4v) is 3.71. The average molecular weight is 391 g/mol. The van der Waals surface area contributed by atoms with Crippen LogP contribution >= 0.6 is 11.6 Å². The summed E-state index contributed by atoms with van der Waals surface area (Å²) >= 11 is 6.21. The summed E-state index contributed by atoms with van der Waals surface area (Å²) in [7, 11) is 0. The highest BCUT2D eigenvalue weighted by Crippen LogP contribution is 2.27. The lowest BCUT2D eigenvalue weighted by molar-refractivity contribution is 0.301. The Labute approximate surface area is 170 Å². The zero-order chi connectivity index (χ0) is 19.5. The van der Waals surface area contributed by atoms with E-state index in [9.17, 15) is 0 Å². The highest BCUT2D eigenvalue weighted by molar-refractivity contribution is 6.30. The van der Waals surface area contributed by atoms with Crippen LogP contribution in [0.5, 0.6) is 5.75 Å². The van der Waals surface area contributed by atoms with Crippen LogP contribution in [0.4, 0.5) is 0 Å². The number of ether oxygens (including phenoxy) is 1. The predicted molar refractivity (Wildman–Crippen MR) is 116 cm³/mol.